The SMILES string of the molecule is Cc1nc(CCCCC(=O)Cc2sc3c(c2-c2nc4cnccc4s2)CCNC3)no1.[HH]. The first kappa shape index (κ1) is 20.4. The Labute approximate surface area is 189 Å². The fourth-order valence-electron chi connectivity index (χ4n) is 3.97. The van der Waals surface area contributed by atoms with Crippen molar-refractivity contribution in [3.8, 4) is 10.6 Å². The van der Waals surface area contributed by atoms with Crippen LogP contribution in [0.4, 0.5) is 0 Å². The van der Waals surface area contributed by atoms with Gasteiger partial charge in [-0.2, -0.15) is 4.98 Å². The van der Waals surface area contributed by atoms with E-state index < -0.39 is 0 Å². The lowest BCUT2D eigenvalue weighted by molar-refractivity contribution is -0.118. The zero-order valence-electron chi connectivity index (χ0n) is 17.3. The Balaban J connectivity index is 0.00000245. The Morgan fingerprint density at radius 3 is 3.06 bits per heavy atom. The number of Topliss-reactive ketones (excluding diaryl/α,β-unsaturated/α-hetero) is 1. The van der Waals surface area contributed by atoms with Gasteiger partial charge < -0.3 is 9.84 Å². The second kappa shape index (κ2) is 8.94. The molecule has 0 bridgehead atoms. The third-order valence-corrected chi connectivity index (χ3v) is 7.72. The zero-order chi connectivity index (χ0) is 21.2. The molecule has 9 heteroatoms. The lowest BCUT2D eigenvalue weighted by Crippen LogP contribution is -2.22. The quantitative estimate of drug-likeness (QED) is 0.390. The summed E-state index contributed by atoms with van der Waals surface area (Å²) in [6, 6.07) is 2.01. The Kier molecular flexibility index (Phi) is 5.89. The van der Waals surface area contributed by atoms with E-state index in [0.717, 1.165) is 64.7 Å². The monoisotopic (exact) mass is 455 g/mol. The van der Waals surface area contributed by atoms with Crippen molar-refractivity contribution >= 4 is 38.7 Å². The summed E-state index contributed by atoms with van der Waals surface area (Å²) in [7, 11) is 0. The lowest BCUT2D eigenvalue weighted by atomic mass is 10.00. The van der Waals surface area contributed by atoms with Crippen molar-refractivity contribution in [1.29, 1.82) is 0 Å². The fraction of sp³-hybridized carbons (Fsp3) is 0.409. The molecular weight excluding hydrogens is 430 g/mol. The minimum Gasteiger partial charge on any atom is -0.340 e. The molecule has 0 atom stereocenters. The van der Waals surface area contributed by atoms with Crippen molar-refractivity contribution in [2.75, 3.05) is 6.54 Å². The Hall–Kier alpha value is -2.49. The number of aryl methyl sites for hydroxylation is 2. The molecule has 1 aliphatic rings. The van der Waals surface area contributed by atoms with Crippen molar-refractivity contribution in [3.63, 3.8) is 0 Å². The van der Waals surface area contributed by atoms with Crippen molar-refractivity contribution in [3.05, 3.63) is 45.5 Å². The van der Waals surface area contributed by atoms with Crippen LogP contribution in [-0.2, 0) is 30.6 Å². The maximum Gasteiger partial charge on any atom is 0.223 e. The number of ketones is 1. The molecule has 4 aromatic heterocycles. The van der Waals surface area contributed by atoms with Gasteiger partial charge in [-0.25, -0.2) is 4.98 Å². The summed E-state index contributed by atoms with van der Waals surface area (Å²) >= 11 is 3.46. The summed E-state index contributed by atoms with van der Waals surface area (Å²) in [6.45, 7) is 3.62. The van der Waals surface area contributed by atoms with Crippen LogP contribution in [0.1, 0.15) is 47.7 Å². The number of carbonyl (C=O) groups is 1. The van der Waals surface area contributed by atoms with E-state index in [1.165, 1.54) is 16.0 Å². The fourth-order valence-corrected chi connectivity index (χ4v) is 6.42. The molecule has 1 N–H and O–H groups in total. The highest BCUT2D eigenvalue weighted by atomic mass is 32.1. The first-order valence-electron chi connectivity index (χ1n) is 10.5. The van der Waals surface area contributed by atoms with Crippen molar-refractivity contribution in [1.82, 2.24) is 25.4 Å². The van der Waals surface area contributed by atoms with Crippen LogP contribution in [0.25, 0.3) is 20.8 Å². The topological polar surface area (TPSA) is 93.8 Å². The zero-order valence-corrected chi connectivity index (χ0v) is 18.9. The first-order chi connectivity index (χ1) is 15.2. The van der Waals surface area contributed by atoms with Gasteiger partial charge in [0.05, 0.1) is 10.9 Å². The third kappa shape index (κ3) is 4.44. The summed E-state index contributed by atoms with van der Waals surface area (Å²) in [4.78, 5) is 28.6. The number of pyridine rings is 1. The van der Waals surface area contributed by atoms with Crippen molar-refractivity contribution in [2.24, 2.45) is 0 Å². The summed E-state index contributed by atoms with van der Waals surface area (Å²) < 4.78 is 6.13. The standard InChI is InChI=1S/C22H23N5O2S2.H2/c1-13-25-20(27-29-13)5-3-2-4-14(28)10-18-21(15-6-8-24-12-19(15)30-18)22-26-16-11-23-9-7-17(16)31-22;/h7,9,11,24H,2-6,8,10,12H2,1H3;1H. The molecule has 5 heterocycles. The molecule has 0 aromatic carbocycles. The summed E-state index contributed by atoms with van der Waals surface area (Å²) in [6.07, 6.45) is 8.10. The van der Waals surface area contributed by atoms with Gasteiger partial charge >= 0.3 is 0 Å². The molecule has 7 nitrogen and oxygen atoms in total. The number of nitrogens with zero attached hydrogens (tertiary/aromatic N) is 4. The van der Waals surface area contributed by atoms with Crippen molar-refractivity contribution in [2.45, 2.75) is 52.0 Å². The first-order valence-corrected chi connectivity index (χ1v) is 12.2. The van der Waals surface area contributed by atoms with Gasteiger partial charge in [-0.05, 0) is 37.4 Å². The molecule has 0 radical (unpaired) electrons. The van der Waals surface area contributed by atoms with Gasteiger partial charge in [0.1, 0.15) is 16.3 Å². The third-order valence-electron chi connectivity index (χ3n) is 5.44. The van der Waals surface area contributed by atoms with Crippen LogP contribution in [-0.4, -0.2) is 32.4 Å². The molecule has 0 aliphatic carbocycles. The molecule has 1 aliphatic heterocycles. The molecule has 4 aromatic rings. The number of fused-ring (bicyclic) bond motifs is 2. The average molecular weight is 456 g/mol. The van der Waals surface area contributed by atoms with E-state index in [4.69, 9.17) is 9.51 Å². The molecule has 0 amide bonds. The maximum atomic E-state index is 12.8. The average Bonchev–Trinajstić information content (AvgIpc) is 3.46. The number of nitrogens with one attached hydrogen (secondary N) is 1. The summed E-state index contributed by atoms with van der Waals surface area (Å²) in [5.41, 5.74) is 3.48. The molecule has 162 valence electrons. The second-order valence-corrected chi connectivity index (χ2v) is 9.96. The molecule has 0 fully saturated rings. The molecule has 5 rings (SSSR count). The minimum atomic E-state index is 0. The number of unbranched alkanes of at least 4 members (excludes halogenated alkanes) is 1. The molecule has 0 saturated heterocycles. The van der Waals surface area contributed by atoms with Crippen LogP contribution in [0, 0.1) is 6.92 Å². The van der Waals surface area contributed by atoms with E-state index >= 15 is 0 Å². The molecule has 0 spiro atoms. The van der Waals surface area contributed by atoms with E-state index in [9.17, 15) is 4.79 Å². The van der Waals surface area contributed by atoms with Crippen molar-refractivity contribution < 1.29 is 10.7 Å². The Bertz CT molecular complexity index is 1200. The molecular formula is C22H25N5O2S2. The van der Waals surface area contributed by atoms with Gasteiger partial charge in [-0.1, -0.05) is 5.16 Å². The number of hydrogen-bond acceptors (Lipinski definition) is 9. The highest BCUT2D eigenvalue weighted by Crippen LogP contribution is 2.41. The second-order valence-electron chi connectivity index (χ2n) is 7.74. The smallest absolute Gasteiger partial charge is 0.223 e. The molecule has 0 saturated carbocycles. The van der Waals surface area contributed by atoms with Gasteiger partial charge in [0.15, 0.2) is 5.82 Å². The largest absolute Gasteiger partial charge is 0.340 e. The van der Waals surface area contributed by atoms with Gasteiger partial charge in [-0.15, -0.1) is 22.7 Å². The van der Waals surface area contributed by atoms with Crippen LogP contribution in [0.2, 0.25) is 0 Å². The van der Waals surface area contributed by atoms with E-state index in [-0.39, 0.29) is 7.21 Å². The van der Waals surface area contributed by atoms with E-state index in [2.05, 4.69) is 20.4 Å². The van der Waals surface area contributed by atoms with Gasteiger partial charge in [-0.3, -0.25) is 9.78 Å². The van der Waals surface area contributed by atoms with Crippen LogP contribution >= 0.6 is 22.7 Å². The lowest BCUT2D eigenvalue weighted by Gasteiger charge is -2.13. The van der Waals surface area contributed by atoms with Crippen LogP contribution in [0.5, 0.6) is 0 Å². The summed E-state index contributed by atoms with van der Waals surface area (Å²) in [5, 5.41) is 8.38. The van der Waals surface area contributed by atoms with Gasteiger partial charge in [0.2, 0.25) is 5.89 Å². The Morgan fingerprint density at radius 1 is 1.29 bits per heavy atom. The van der Waals surface area contributed by atoms with Crippen LogP contribution in [0.3, 0.4) is 0 Å². The maximum absolute atomic E-state index is 12.8. The summed E-state index contributed by atoms with van der Waals surface area (Å²) in [5.74, 6) is 1.58. The number of rotatable bonds is 8. The molecule has 0 unspecified atom stereocenters. The highest BCUT2D eigenvalue weighted by molar-refractivity contribution is 7.22. The van der Waals surface area contributed by atoms with Gasteiger partial charge in [0, 0.05) is 55.7 Å². The van der Waals surface area contributed by atoms with E-state index in [1.807, 2.05) is 12.3 Å². The van der Waals surface area contributed by atoms with Crippen LogP contribution < -0.4 is 5.32 Å². The van der Waals surface area contributed by atoms with Crippen LogP contribution in [0.15, 0.2) is 23.0 Å². The predicted octanol–water partition coefficient (Wildman–Crippen LogP) is 4.53. The number of thiazole rings is 1. The van der Waals surface area contributed by atoms with E-state index in [0.29, 0.717) is 18.7 Å². The minimum absolute atomic E-state index is 0. The molecule has 31 heavy (non-hydrogen) atoms. The normalized spacial score (nSPS) is 13.6. The van der Waals surface area contributed by atoms with E-state index in [1.54, 1.807) is 35.8 Å². The number of hydrogen-bond donors (Lipinski definition) is 1. The highest BCUT2D eigenvalue weighted by Gasteiger charge is 2.25. The number of carbonyl (C=O) groups excluding carboxylic acids is 1. The van der Waals surface area contributed by atoms with Gasteiger partial charge in [0.25, 0.3) is 0 Å². The predicted molar refractivity (Wildman–Crippen MR) is 124 cm³/mol. The Morgan fingerprint density at radius 2 is 2.23 bits per heavy atom. The number of aromatic nitrogens is 4. The number of thiophene rings is 1.